The highest BCUT2D eigenvalue weighted by atomic mass is 35.5. The van der Waals surface area contributed by atoms with E-state index in [4.69, 9.17) is 5.11 Å². The van der Waals surface area contributed by atoms with Gasteiger partial charge in [-0.15, -0.1) is 12.4 Å². The molecule has 94 valence electrons. The predicted octanol–water partition coefficient (Wildman–Crippen LogP) is 3.07. The third kappa shape index (κ3) is 2.02. The second kappa shape index (κ2) is 4.86. The van der Waals surface area contributed by atoms with Crippen LogP contribution in [0.1, 0.15) is 12.0 Å². The van der Waals surface area contributed by atoms with E-state index in [1.54, 1.807) is 0 Å². The second-order valence-electron chi connectivity index (χ2n) is 4.39. The average Bonchev–Trinajstić information content (AvgIpc) is 2.38. The summed E-state index contributed by atoms with van der Waals surface area (Å²) in [5.74, 6) is -0.774. The van der Waals surface area contributed by atoms with Crippen molar-refractivity contribution in [3.63, 3.8) is 0 Å². The zero-order valence-electron chi connectivity index (χ0n) is 9.72. The number of aryl methyl sites for hydroxylation is 1. The van der Waals surface area contributed by atoms with Crippen LogP contribution in [0.15, 0.2) is 36.4 Å². The predicted molar refractivity (Wildman–Crippen MR) is 74.6 cm³/mol. The molecule has 0 amide bonds. The molecule has 0 radical (unpaired) electrons. The zero-order valence-corrected chi connectivity index (χ0v) is 10.5. The number of carbonyl (C=O) groups is 1. The molecule has 1 heterocycles. The maximum Gasteiger partial charge on any atom is 0.326 e. The van der Waals surface area contributed by atoms with Crippen molar-refractivity contribution in [3.05, 3.63) is 42.0 Å². The van der Waals surface area contributed by atoms with Gasteiger partial charge in [-0.05, 0) is 23.8 Å². The summed E-state index contributed by atoms with van der Waals surface area (Å²) in [5, 5.41) is 14.5. The van der Waals surface area contributed by atoms with Crippen molar-refractivity contribution < 1.29 is 9.90 Å². The minimum absolute atomic E-state index is 0. The molecule has 0 aliphatic carbocycles. The van der Waals surface area contributed by atoms with Crippen molar-refractivity contribution in [3.8, 4) is 0 Å². The van der Waals surface area contributed by atoms with Crippen LogP contribution in [-0.2, 0) is 11.2 Å². The largest absolute Gasteiger partial charge is 0.480 e. The Balaban J connectivity index is 0.00000120. The molecule has 0 aromatic heterocycles. The Bertz CT molecular complexity index is 597. The summed E-state index contributed by atoms with van der Waals surface area (Å²) in [7, 11) is 0. The van der Waals surface area contributed by atoms with Crippen molar-refractivity contribution in [2.45, 2.75) is 18.9 Å². The summed E-state index contributed by atoms with van der Waals surface area (Å²) in [6.45, 7) is 0. The van der Waals surface area contributed by atoms with Crippen LogP contribution < -0.4 is 5.32 Å². The number of benzene rings is 2. The van der Waals surface area contributed by atoms with E-state index in [1.807, 2.05) is 24.3 Å². The third-order valence-corrected chi connectivity index (χ3v) is 3.33. The Kier molecular flexibility index (Phi) is 3.43. The Hall–Kier alpha value is -1.74. The molecular formula is C14H14ClNO2. The Morgan fingerprint density at radius 2 is 2.00 bits per heavy atom. The van der Waals surface area contributed by atoms with Crippen LogP contribution in [0.4, 0.5) is 5.69 Å². The highest BCUT2D eigenvalue weighted by Gasteiger charge is 2.24. The van der Waals surface area contributed by atoms with Gasteiger partial charge in [0.1, 0.15) is 6.04 Å². The van der Waals surface area contributed by atoms with Gasteiger partial charge in [-0.3, -0.25) is 0 Å². The molecule has 3 nitrogen and oxygen atoms in total. The van der Waals surface area contributed by atoms with Crippen molar-refractivity contribution in [1.29, 1.82) is 0 Å². The normalized spacial score (nSPS) is 17.4. The number of nitrogens with one attached hydrogen (secondary N) is 1. The molecule has 0 bridgehead atoms. The minimum Gasteiger partial charge on any atom is -0.480 e. The van der Waals surface area contributed by atoms with Crippen molar-refractivity contribution in [2.75, 3.05) is 5.32 Å². The SMILES string of the molecule is Cl.O=C(O)C1CCc2ccc3ccccc3c2N1. The van der Waals surface area contributed by atoms with E-state index in [0.717, 1.165) is 22.9 Å². The fraction of sp³-hybridized carbons (Fsp3) is 0.214. The summed E-state index contributed by atoms with van der Waals surface area (Å²) < 4.78 is 0. The van der Waals surface area contributed by atoms with Crippen molar-refractivity contribution >= 4 is 34.8 Å². The monoisotopic (exact) mass is 263 g/mol. The van der Waals surface area contributed by atoms with E-state index in [-0.39, 0.29) is 12.4 Å². The molecule has 0 fully saturated rings. The Morgan fingerprint density at radius 3 is 2.78 bits per heavy atom. The number of hydrogen-bond acceptors (Lipinski definition) is 2. The lowest BCUT2D eigenvalue weighted by atomic mass is 9.94. The van der Waals surface area contributed by atoms with Crippen LogP contribution in [0.5, 0.6) is 0 Å². The smallest absolute Gasteiger partial charge is 0.326 e. The fourth-order valence-corrected chi connectivity index (χ4v) is 2.43. The van der Waals surface area contributed by atoms with Crippen molar-refractivity contribution in [1.82, 2.24) is 0 Å². The minimum atomic E-state index is -0.774. The summed E-state index contributed by atoms with van der Waals surface area (Å²) in [5.41, 5.74) is 2.20. The molecule has 1 unspecified atom stereocenters. The molecule has 4 heteroatoms. The van der Waals surface area contributed by atoms with Gasteiger partial charge in [0.05, 0.1) is 0 Å². The molecule has 1 aliphatic rings. The summed E-state index contributed by atoms with van der Waals surface area (Å²) in [4.78, 5) is 11.0. The van der Waals surface area contributed by atoms with Gasteiger partial charge in [0.15, 0.2) is 0 Å². The first-order valence-corrected chi connectivity index (χ1v) is 5.75. The molecule has 2 N–H and O–H groups in total. The number of anilines is 1. The van der Waals surface area contributed by atoms with Crippen LogP contribution in [0.25, 0.3) is 10.8 Å². The van der Waals surface area contributed by atoms with Crippen LogP contribution in [0.3, 0.4) is 0 Å². The molecule has 2 aromatic carbocycles. The van der Waals surface area contributed by atoms with Gasteiger partial charge >= 0.3 is 5.97 Å². The van der Waals surface area contributed by atoms with E-state index in [9.17, 15) is 4.79 Å². The topological polar surface area (TPSA) is 49.3 Å². The maximum absolute atomic E-state index is 11.0. The average molecular weight is 264 g/mol. The molecule has 0 saturated heterocycles. The lowest BCUT2D eigenvalue weighted by Gasteiger charge is -2.25. The van der Waals surface area contributed by atoms with E-state index in [2.05, 4.69) is 17.4 Å². The van der Waals surface area contributed by atoms with Gasteiger partial charge in [-0.1, -0.05) is 36.4 Å². The number of hydrogen-bond donors (Lipinski definition) is 2. The second-order valence-corrected chi connectivity index (χ2v) is 4.39. The van der Waals surface area contributed by atoms with Crippen LogP contribution in [0, 0.1) is 0 Å². The van der Waals surface area contributed by atoms with Gasteiger partial charge in [-0.2, -0.15) is 0 Å². The molecule has 3 rings (SSSR count). The van der Waals surface area contributed by atoms with Gasteiger partial charge in [0.25, 0.3) is 0 Å². The van der Waals surface area contributed by atoms with Gasteiger partial charge in [0.2, 0.25) is 0 Å². The zero-order chi connectivity index (χ0) is 11.8. The number of aliphatic carboxylic acids is 1. The summed E-state index contributed by atoms with van der Waals surface area (Å²) in [6.07, 6.45) is 1.48. The maximum atomic E-state index is 11.0. The van der Waals surface area contributed by atoms with Gasteiger partial charge in [-0.25, -0.2) is 4.79 Å². The quantitative estimate of drug-likeness (QED) is 0.831. The Labute approximate surface area is 111 Å². The number of rotatable bonds is 1. The van der Waals surface area contributed by atoms with E-state index < -0.39 is 12.0 Å². The van der Waals surface area contributed by atoms with Crippen LogP contribution in [0.2, 0.25) is 0 Å². The highest BCUT2D eigenvalue weighted by Crippen LogP contribution is 2.32. The summed E-state index contributed by atoms with van der Waals surface area (Å²) >= 11 is 0. The molecule has 2 aromatic rings. The first-order valence-electron chi connectivity index (χ1n) is 5.75. The van der Waals surface area contributed by atoms with Crippen LogP contribution in [-0.4, -0.2) is 17.1 Å². The van der Waals surface area contributed by atoms with Gasteiger partial charge < -0.3 is 10.4 Å². The molecule has 1 atom stereocenters. The highest BCUT2D eigenvalue weighted by molar-refractivity contribution is 5.97. The van der Waals surface area contributed by atoms with E-state index in [1.165, 1.54) is 5.56 Å². The standard InChI is InChI=1S/C14H13NO2.ClH/c16-14(17)12-8-7-10-6-5-9-3-1-2-4-11(9)13(10)15-12;/h1-6,12,15H,7-8H2,(H,16,17);1H. The molecule has 18 heavy (non-hydrogen) atoms. The molecule has 0 spiro atoms. The molecular weight excluding hydrogens is 250 g/mol. The number of carboxylic acid groups (broad SMARTS) is 1. The third-order valence-electron chi connectivity index (χ3n) is 3.33. The molecule has 1 aliphatic heterocycles. The summed E-state index contributed by atoms with van der Waals surface area (Å²) in [6, 6.07) is 11.8. The van der Waals surface area contributed by atoms with E-state index in [0.29, 0.717) is 6.42 Å². The van der Waals surface area contributed by atoms with Crippen molar-refractivity contribution in [2.24, 2.45) is 0 Å². The lowest BCUT2D eigenvalue weighted by molar-refractivity contribution is -0.138. The Morgan fingerprint density at radius 1 is 1.22 bits per heavy atom. The molecule has 0 saturated carbocycles. The first kappa shape index (κ1) is 12.7. The van der Waals surface area contributed by atoms with Gasteiger partial charge in [0, 0.05) is 11.1 Å². The number of halogens is 1. The lowest BCUT2D eigenvalue weighted by Crippen LogP contribution is -2.33. The van der Waals surface area contributed by atoms with Crippen LogP contribution >= 0.6 is 12.4 Å². The van der Waals surface area contributed by atoms with E-state index >= 15 is 0 Å². The fourth-order valence-electron chi connectivity index (χ4n) is 2.43. The first-order chi connectivity index (χ1) is 8.25. The number of carboxylic acids is 1. The number of fused-ring (bicyclic) bond motifs is 3.